The molecule has 1 saturated heterocycles. The van der Waals surface area contributed by atoms with Crippen LogP contribution in [0.3, 0.4) is 0 Å². The van der Waals surface area contributed by atoms with Crippen LogP contribution < -0.4 is 0 Å². The maximum atomic E-state index is 5.81. The number of hydrogen-bond donors (Lipinski definition) is 0. The quantitative estimate of drug-likeness (QED) is 0.625. The molecule has 3 heterocycles. The first-order chi connectivity index (χ1) is 6.45. The first kappa shape index (κ1) is 7.89. The third kappa shape index (κ3) is 1.20. The summed E-state index contributed by atoms with van der Waals surface area (Å²) < 4.78 is 5.81. The molecule has 1 nitrogen and oxygen atoms in total. The van der Waals surface area contributed by atoms with E-state index in [-0.39, 0.29) is 0 Å². The van der Waals surface area contributed by atoms with Crippen LogP contribution in [0.4, 0.5) is 0 Å². The van der Waals surface area contributed by atoms with Crippen LogP contribution in [0.2, 0.25) is 0 Å². The summed E-state index contributed by atoms with van der Waals surface area (Å²) in [6.07, 6.45) is 0.361. The van der Waals surface area contributed by atoms with Crippen LogP contribution in [0.5, 0.6) is 0 Å². The second-order valence-electron chi connectivity index (χ2n) is 3.69. The number of rotatable bonds is 0. The smallest absolute Gasteiger partial charge is 0.0918 e. The van der Waals surface area contributed by atoms with Gasteiger partial charge in [-0.25, -0.2) is 0 Å². The molecule has 2 unspecified atom stereocenters. The van der Waals surface area contributed by atoms with Crippen LogP contribution in [-0.4, -0.2) is 18.1 Å². The molecule has 0 spiro atoms. The van der Waals surface area contributed by atoms with Crippen molar-refractivity contribution in [2.45, 2.75) is 12.0 Å². The Hall–Kier alpha value is -0.470. The highest BCUT2D eigenvalue weighted by Gasteiger charge is 2.30. The molecule has 3 aliphatic rings. The fraction of sp³-hybridized carbons (Fsp3) is 0.455. The van der Waals surface area contributed by atoms with Crippen LogP contribution >= 0.6 is 11.8 Å². The molecule has 0 saturated carbocycles. The largest absolute Gasteiger partial charge is 0.372 e. The first-order valence-corrected chi connectivity index (χ1v) is 5.89. The van der Waals surface area contributed by atoms with E-state index in [1.807, 2.05) is 11.8 Å². The van der Waals surface area contributed by atoms with Crippen LogP contribution in [0, 0.1) is 0 Å². The predicted molar refractivity (Wildman–Crippen MR) is 55.2 cm³/mol. The number of fused-ring (bicyclic) bond motifs is 3. The molecule has 2 heteroatoms. The molecule has 0 aromatic heterocycles. The van der Waals surface area contributed by atoms with E-state index in [1.165, 1.54) is 16.9 Å². The molecule has 1 aromatic rings. The first-order valence-electron chi connectivity index (χ1n) is 4.73. The van der Waals surface area contributed by atoms with Crippen LogP contribution in [-0.2, 0) is 4.74 Å². The van der Waals surface area contributed by atoms with Gasteiger partial charge in [0.05, 0.1) is 12.7 Å². The topological polar surface area (TPSA) is 9.23 Å². The maximum Gasteiger partial charge on any atom is 0.0918 e. The van der Waals surface area contributed by atoms with E-state index < -0.39 is 0 Å². The molecule has 68 valence electrons. The Bertz CT molecular complexity index is 289. The van der Waals surface area contributed by atoms with Gasteiger partial charge in [0.2, 0.25) is 0 Å². The average Bonchev–Trinajstić information content (AvgIpc) is 2.52. The highest BCUT2D eigenvalue weighted by molar-refractivity contribution is 7.99. The van der Waals surface area contributed by atoms with Crippen molar-refractivity contribution in [2.75, 3.05) is 18.1 Å². The Morgan fingerprint density at radius 3 is 2.92 bits per heavy atom. The van der Waals surface area contributed by atoms with E-state index in [9.17, 15) is 0 Å². The summed E-state index contributed by atoms with van der Waals surface area (Å²) >= 11 is 2.03. The molecule has 1 aromatic carbocycles. The minimum absolute atomic E-state index is 0.361. The third-order valence-corrected chi connectivity index (χ3v) is 4.05. The summed E-state index contributed by atoms with van der Waals surface area (Å²) in [6.45, 7) is 0.925. The second-order valence-corrected chi connectivity index (χ2v) is 4.76. The second kappa shape index (κ2) is 3.03. The van der Waals surface area contributed by atoms with Gasteiger partial charge in [-0.1, -0.05) is 24.3 Å². The molecule has 2 atom stereocenters. The number of thioether (sulfide) groups is 1. The molecule has 0 aliphatic carbocycles. The van der Waals surface area contributed by atoms with Crippen molar-refractivity contribution in [2.24, 2.45) is 0 Å². The van der Waals surface area contributed by atoms with Gasteiger partial charge < -0.3 is 4.74 Å². The lowest BCUT2D eigenvalue weighted by atomic mass is 9.91. The molecule has 13 heavy (non-hydrogen) atoms. The van der Waals surface area contributed by atoms with E-state index in [0.29, 0.717) is 12.0 Å². The Morgan fingerprint density at radius 1 is 1.15 bits per heavy atom. The standard InChI is InChI=1S/C11H12OS/c1-2-4-10-9(3-1)8-5-12-11(10)7-13-6-8/h1-4,8,11H,5-7H2. The lowest BCUT2D eigenvalue weighted by molar-refractivity contribution is 0.0506. The predicted octanol–water partition coefficient (Wildman–Crippen LogP) is 2.59. The molecule has 0 radical (unpaired) electrons. The Kier molecular flexibility index (Phi) is 1.84. The van der Waals surface area contributed by atoms with Crippen molar-refractivity contribution >= 4 is 11.8 Å². The van der Waals surface area contributed by atoms with Gasteiger partial charge in [0.25, 0.3) is 0 Å². The van der Waals surface area contributed by atoms with Gasteiger partial charge in [0.15, 0.2) is 0 Å². The lowest BCUT2D eigenvalue weighted by Crippen LogP contribution is -2.19. The van der Waals surface area contributed by atoms with Gasteiger partial charge in [-0.3, -0.25) is 0 Å². The van der Waals surface area contributed by atoms with Gasteiger partial charge >= 0.3 is 0 Å². The minimum Gasteiger partial charge on any atom is -0.372 e. The third-order valence-electron chi connectivity index (χ3n) is 2.87. The van der Waals surface area contributed by atoms with Gasteiger partial charge in [0, 0.05) is 17.4 Å². The van der Waals surface area contributed by atoms with E-state index in [2.05, 4.69) is 24.3 Å². The van der Waals surface area contributed by atoms with Crippen molar-refractivity contribution in [1.82, 2.24) is 0 Å². The van der Waals surface area contributed by atoms with Crippen LogP contribution in [0.25, 0.3) is 0 Å². The zero-order valence-electron chi connectivity index (χ0n) is 7.40. The van der Waals surface area contributed by atoms with E-state index in [0.717, 1.165) is 12.4 Å². The normalized spacial score (nSPS) is 31.1. The number of hydrogen-bond acceptors (Lipinski definition) is 2. The highest BCUT2D eigenvalue weighted by Crippen LogP contribution is 2.40. The van der Waals surface area contributed by atoms with Gasteiger partial charge in [-0.05, 0) is 11.1 Å². The molecule has 1 fully saturated rings. The molecule has 4 rings (SSSR count). The zero-order chi connectivity index (χ0) is 8.67. The summed E-state index contributed by atoms with van der Waals surface area (Å²) in [5.41, 5.74) is 2.97. The summed E-state index contributed by atoms with van der Waals surface area (Å²) in [7, 11) is 0. The molecule has 3 aliphatic heterocycles. The Morgan fingerprint density at radius 2 is 2.00 bits per heavy atom. The maximum absolute atomic E-state index is 5.81. The molecule has 2 bridgehead atoms. The zero-order valence-corrected chi connectivity index (χ0v) is 8.22. The van der Waals surface area contributed by atoms with Gasteiger partial charge in [-0.15, -0.1) is 0 Å². The Labute approximate surface area is 82.5 Å². The van der Waals surface area contributed by atoms with E-state index in [1.54, 1.807) is 0 Å². The van der Waals surface area contributed by atoms with Crippen molar-refractivity contribution in [3.63, 3.8) is 0 Å². The summed E-state index contributed by atoms with van der Waals surface area (Å²) in [6, 6.07) is 8.75. The summed E-state index contributed by atoms with van der Waals surface area (Å²) in [4.78, 5) is 0. The fourth-order valence-electron chi connectivity index (χ4n) is 2.18. The van der Waals surface area contributed by atoms with E-state index in [4.69, 9.17) is 4.74 Å². The molecule has 0 N–H and O–H groups in total. The SMILES string of the molecule is c1ccc2c(c1)C1COC2CSC1. The molecular formula is C11H12OS. The van der Waals surface area contributed by atoms with E-state index >= 15 is 0 Å². The monoisotopic (exact) mass is 192 g/mol. The van der Waals surface area contributed by atoms with Crippen molar-refractivity contribution in [3.05, 3.63) is 35.4 Å². The van der Waals surface area contributed by atoms with Gasteiger partial charge in [-0.2, -0.15) is 11.8 Å². The van der Waals surface area contributed by atoms with Crippen molar-refractivity contribution in [1.29, 1.82) is 0 Å². The van der Waals surface area contributed by atoms with Crippen LogP contribution in [0.15, 0.2) is 24.3 Å². The summed E-state index contributed by atoms with van der Waals surface area (Å²) in [5.74, 6) is 3.00. The van der Waals surface area contributed by atoms with Gasteiger partial charge in [0.1, 0.15) is 0 Å². The van der Waals surface area contributed by atoms with Crippen molar-refractivity contribution in [3.8, 4) is 0 Å². The molecule has 0 amide bonds. The lowest BCUT2D eigenvalue weighted by Gasteiger charge is -2.26. The molecular weight excluding hydrogens is 180 g/mol. The number of ether oxygens (including phenoxy) is 1. The van der Waals surface area contributed by atoms with Crippen LogP contribution in [0.1, 0.15) is 23.1 Å². The highest BCUT2D eigenvalue weighted by atomic mass is 32.2. The fourth-order valence-corrected chi connectivity index (χ4v) is 3.37. The average molecular weight is 192 g/mol. The number of benzene rings is 1. The van der Waals surface area contributed by atoms with Crippen molar-refractivity contribution < 1.29 is 4.74 Å². The Balaban J connectivity index is 2.15. The minimum atomic E-state index is 0.361. The summed E-state index contributed by atoms with van der Waals surface area (Å²) in [5, 5.41) is 0.